The van der Waals surface area contributed by atoms with Gasteiger partial charge in [-0.05, 0) is 18.6 Å². The van der Waals surface area contributed by atoms with Gasteiger partial charge in [0, 0.05) is 30.4 Å². The van der Waals surface area contributed by atoms with Crippen LogP contribution in [0.3, 0.4) is 0 Å². The van der Waals surface area contributed by atoms with Gasteiger partial charge in [0.2, 0.25) is 0 Å². The van der Waals surface area contributed by atoms with E-state index in [1.54, 1.807) is 4.90 Å². The number of nitrogens with zero attached hydrogens (tertiary/aromatic N) is 1. The molecule has 1 saturated heterocycles. The van der Waals surface area contributed by atoms with Crippen LogP contribution in [0, 0.1) is 17.6 Å². The summed E-state index contributed by atoms with van der Waals surface area (Å²) >= 11 is 3.05. The maximum Gasteiger partial charge on any atom is 0.302 e. The first-order valence-corrected chi connectivity index (χ1v) is 6.79. The van der Waals surface area contributed by atoms with Crippen LogP contribution in [0.5, 0.6) is 0 Å². The van der Waals surface area contributed by atoms with E-state index in [1.165, 1.54) is 19.1 Å². The normalized spacial score (nSPS) is 18.7. The third-order valence-corrected chi connectivity index (χ3v) is 3.56. The Bertz CT molecular complexity index is 473. The second kappa shape index (κ2) is 5.86. The first-order valence-electron chi connectivity index (χ1n) is 6.00. The molecule has 0 aliphatic carbocycles. The molecule has 3 nitrogen and oxygen atoms in total. The number of carbonyl (C=O) groups excluding carboxylic acids is 1. The Balaban J connectivity index is 2.07. The van der Waals surface area contributed by atoms with E-state index in [0.717, 1.165) is 6.42 Å². The monoisotopic (exact) mass is 333 g/mol. The first-order chi connectivity index (χ1) is 8.97. The Morgan fingerprint density at radius 1 is 1.47 bits per heavy atom. The zero-order valence-electron chi connectivity index (χ0n) is 10.5. The molecule has 1 aliphatic rings. The van der Waals surface area contributed by atoms with Gasteiger partial charge in [0.05, 0.1) is 6.61 Å². The summed E-state index contributed by atoms with van der Waals surface area (Å²) in [6, 6.07) is 2.50. The van der Waals surface area contributed by atoms with Crippen LogP contribution in [0.2, 0.25) is 0 Å². The van der Waals surface area contributed by atoms with Crippen molar-refractivity contribution in [3.63, 3.8) is 0 Å². The van der Waals surface area contributed by atoms with Crippen LogP contribution >= 0.6 is 15.9 Å². The van der Waals surface area contributed by atoms with Crippen molar-refractivity contribution in [1.82, 2.24) is 0 Å². The number of anilines is 1. The lowest BCUT2D eigenvalue weighted by molar-refractivity contribution is -0.142. The number of halogens is 3. The molecule has 1 aliphatic heterocycles. The van der Waals surface area contributed by atoms with Crippen LogP contribution in [-0.2, 0) is 9.53 Å². The van der Waals surface area contributed by atoms with E-state index in [-0.39, 0.29) is 17.6 Å². The van der Waals surface area contributed by atoms with E-state index in [9.17, 15) is 13.6 Å². The molecule has 0 aromatic heterocycles. The number of hydrogen-bond acceptors (Lipinski definition) is 3. The van der Waals surface area contributed by atoms with Gasteiger partial charge in [-0.3, -0.25) is 4.79 Å². The average molecular weight is 334 g/mol. The fraction of sp³-hybridized carbons (Fsp3) is 0.462. The molecule has 6 heteroatoms. The lowest BCUT2D eigenvalue weighted by Gasteiger charge is -2.20. The Labute approximate surface area is 118 Å². The largest absolute Gasteiger partial charge is 0.466 e. The van der Waals surface area contributed by atoms with E-state index in [1.807, 2.05) is 0 Å². The lowest BCUT2D eigenvalue weighted by atomic mass is 10.1. The quantitative estimate of drug-likeness (QED) is 0.796. The Morgan fingerprint density at radius 2 is 2.11 bits per heavy atom. The zero-order chi connectivity index (χ0) is 14.0. The second-order valence-electron chi connectivity index (χ2n) is 4.62. The molecule has 0 N–H and O–H groups in total. The van der Waals surface area contributed by atoms with Gasteiger partial charge in [0.25, 0.3) is 0 Å². The van der Waals surface area contributed by atoms with Gasteiger partial charge >= 0.3 is 5.97 Å². The standard InChI is InChI=1S/C13H14BrF2NO2/c1-8(18)19-7-9-2-3-17(6-9)13-11(15)4-10(14)5-12(13)16/h4-5,9H,2-3,6-7H2,1H3/t9-/m1/s1. The highest BCUT2D eigenvalue weighted by atomic mass is 79.9. The van der Waals surface area contributed by atoms with Crippen LogP contribution in [0.15, 0.2) is 16.6 Å². The van der Waals surface area contributed by atoms with Gasteiger partial charge in [-0.15, -0.1) is 0 Å². The summed E-state index contributed by atoms with van der Waals surface area (Å²) < 4.78 is 32.9. The van der Waals surface area contributed by atoms with Gasteiger partial charge in [0.1, 0.15) is 5.69 Å². The summed E-state index contributed by atoms with van der Waals surface area (Å²) in [6.45, 7) is 2.69. The molecule has 0 bridgehead atoms. The smallest absolute Gasteiger partial charge is 0.302 e. The van der Waals surface area contributed by atoms with E-state index < -0.39 is 11.6 Å². The Hall–Kier alpha value is -1.17. The van der Waals surface area contributed by atoms with Gasteiger partial charge in [-0.25, -0.2) is 8.78 Å². The summed E-state index contributed by atoms with van der Waals surface area (Å²) in [5.41, 5.74) is -0.00600. The van der Waals surface area contributed by atoms with Crippen molar-refractivity contribution < 1.29 is 18.3 Å². The number of ether oxygens (including phenoxy) is 1. The topological polar surface area (TPSA) is 29.5 Å². The number of benzene rings is 1. The summed E-state index contributed by atoms with van der Waals surface area (Å²) in [5, 5.41) is 0. The minimum atomic E-state index is -0.583. The van der Waals surface area contributed by atoms with E-state index in [4.69, 9.17) is 4.74 Å². The minimum Gasteiger partial charge on any atom is -0.466 e. The first kappa shape index (κ1) is 14.2. The van der Waals surface area contributed by atoms with Crippen LogP contribution in [0.4, 0.5) is 14.5 Å². The van der Waals surface area contributed by atoms with Gasteiger partial charge in [0.15, 0.2) is 11.6 Å². The molecule has 2 rings (SSSR count). The lowest BCUT2D eigenvalue weighted by Crippen LogP contribution is -2.23. The molecule has 0 spiro atoms. The van der Waals surface area contributed by atoms with Gasteiger partial charge in [-0.1, -0.05) is 15.9 Å². The molecule has 0 unspecified atom stereocenters. The number of esters is 1. The summed E-state index contributed by atoms with van der Waals surface area (Å²) in [4.78, 5) is 12.4. The number of rotatable bonds is 3. The van der Waals surface area contributed by atoms with Crippen LogP contribution in [0.1, 0.15) is 13.3 Å². The molecule has 1 aromatic carbocycles. The fourth-order valence-electron chi connectivity index (χ4n) is 2.24. The number of carbonyl (C=O) groups is 1. The molecule has 1 heterocycles. The van der Waals surface area contributed by atoms with Crippen molar-refractivity contribution in [2.75, 3.05) is 24.6 Å². The van der Waals surface area contributed by atoms with E-state index in [0.29, 0.717) is 24.2 Å². The fourth-order valence-corrected chi connectivity index (χ4v) is 2.65. The predicted molar refractivity (Wildman–Crippen MR) is 71.0 cm³/mol. The van der Waals surface area contributed by atoms with Crippen molar-refractivity contribution in [2.45, 2.75) is 13.3 Å². The van der Waals surface area contributed by atoms with Crippen molar-refractivity contribution in [1.29, 1.82) is 0 Å². The minimum absolute atomic E-state index is 0.00600. The maximum atomic E-state index is 13.8. The maximum absolute atomic E-state index is 13.8. The predicted octanol–water partition coefficient (Wildman–Crippen LogP) is 3.12. The highest BCUT2D eigenvalue weighted by molar-refractivity contribution is 9.10. The van der Waals surface area contributed by atoms with Crippen molar-refractivity contribution >= 4 is 27.6 Å². The molecule has 1 fully saturated rings. The molecule has 104 valence electrons. The Morgan fingerprint density at radius 3 is 2.68 bits per heavy atom. The molecule has 1 atom stereocenters. The van der Waals surface area contributed by atoms with Crippen LogP contribution in [0.25, 0.3) is 0 Å². The average Bonchev–Trinajstić information content (AvgIpc) is 2.73. The third-order valence-electron chi connectivity index (χ3n) is 3.11. The molecular formula is C13H14BrF2NO2. The Kier molecular flexibility index (Phi) is 4.39. The molecule has 1 aromatic rings. The van der Waals surface area contributed by atoms with E-state index >= 15 is 0 Å². The SMILES string of the molecule is CC(=O)OC[C@@H]1CCN(c2c(F)cc(Br)cc2F)C1. The highest BCUT2D eigenvalue weighted by Gasteiger charge is 2.27. The van der Waals surface area contributed by atoms with Crippen molar-refractivity contribution in [2.24, 2.45) is 5.92 Å². The van der Waals surface area contributed by atoms with Gasteiger partial charge < -0.3 is 9.64 Å². The molecule has 19 heavy (non-hydrogen) atoms. The van der Waals surface area contributed by atoms with Gasteiger partial charge in [-0.2, -0.15) is 0 Å². The van der Waals surface area contributed by atoms with Crippen molar-refractivity contribution in [3.05, 3.63) is 28.2 Å². The molecule has 0 amide bonds. The second-order valence-corrected chi connectivity index (χ2v) is 5.54. The molecule has 0 radical (unpaired) electrons. The molecular weight excluding hydrogens is 320 g/mol. The van der Waals surface area contributed by atoms with Crippen LogP contribution in [-0.4, -0.2) is 25.7 Å². The summed E-state index contributed by atoms with van der Waals surface area (Å²) in [6.07, 6.45) is 0.752. The summed E-state index contributed by atoms with van der Waals surface area (Å²) in [7, 11) is 0. The van der Waals surface area contributed by atoms with Crippen molar-refractivity contribution in [3.8, 4) is 0 Å². The molecule has 0 saturated carbocycles. The summed E-state index contributed by atoms with van der Waals surface area (Å²) in [5.74, 6) is -1.38. The van der Waals surface area contributed by atoms with Crippen LogP contribution < -0.4 is 4.90 Å². The number of hydrogen-bond donors (Lipinski definition) is 0. The van der Waals surface area contributed by atoms with E-state index in [2.05, 4.69) is 15.9 Å². The highest BCUT2D eigenvalue weighted by Crippen LogP contribution is 2.31. The zero-order valence-corrected chi connectivity index (χ0v) is 12.0. The third kappa shape index (κ3) is 3.43.